The van der Waals surface area contributed by atoms with E-state index in [1.54, 1.807) is 30.3 Å². The van der Waals surface area contributed by atoms with Crippen LogP contribution in [0.5, 0.6) is 0 Å². The molecule has 1 aromatic rings. The van der Waals surface area contributed by atoms with Crippen LogP contribution in [0.2, 0.25) is 0 Å². The molecule has 0 fully saturated rings. The number of alkyl halides is 3. The van der Waals surface area contributed by atoms with Gasteiger partial charge < -0.3 is 4.90 Å². The van der Waals surface area contributed by atoms with Crippen molar-refractivity contribution in [2.45, 2.75) is 5.51 Å². The first-order valence-corrected chi connectivity index (χ1v) is 5.41. The average Bonchev–Trinajstić information content (AvgIpc) is 2.25. The molecule has 0 N–H and O–H groups in total. The van der Waals surface area contributed by atoms with Gasteiger partial charge in [0.1, 0.15) is 0 Å². The second kappa shape index (κ2) is 5.25. The van der Waals surface area contributed by atoms with Crippen molar-refractivity contribution in [1.29, 1.82) is 0 Å². The highest BCUT2D eigenvalue weighted by atomic mass is 32.2. The number of thioether (sulfide) groups is 1. The Morgan fingerprint density at radius 3 is 2.38 bits per heavy atom. The Labute approximate surface area is 95.4 Å². The minimum atomic E-state index is -4.37. The fourth-order valence-electron chi connectivity index (χ4n) is 1.04. The molecule has 0 heterocycles. The number of nitrogens with zero attached hydrogens (tertiary/aromatic N) is 1. The first kappa shape index (κ1) is 12.9. The van der Waals surface area contributed by atoms with Gasteiger partial charge in [-0.15, -0.1) is 0 Å². The summed E-state index contributed by atoms with van der Waals surface area (Å²) in [5.41, 5.74) is -3.79. The molecule has 2 nitrogen and oxygen atoms in total. The largest absolute Gasteiger partial charge is 0.442 e. The average molecular weight is 249 g/mol. The van der Waals surface area contributed by atoms with Crippen molar-refractivity contribution in [3.05, 3.63) is 30.3 Å². The number of benzene rings is 1. The predicted molar refractivity (Wildman–Crippen MR) is 58.4 cm³/mol. The van der Waals surface area contributed by atoms with Gasteiger partial charge in [0.05, 0.1) is 5.75 Å². The van der Waals surface area contributed by atoms with Crippen LogP contribution in [0.3, 0.4) is 0 Å². The van der Waals surface area contributed by atoms with Crippen molar-refractivity contribution in [1.82, 2.24) is 0 Å². The highest BCUT2D eigenvalue weighted by molar-refractivity contribution is 8.00. The van der Waals surface area contributed by atoms with E-state index in [1.165, 1.54) is 11.9 Å². The predicted octanol–water partition coefficient (Wildman–Crippen LogP) is 2.90. The van der Waals surface area contributed by atoms with Crippen molar-refractivity contribution in [2.75, 3.05) is 17.7 Å². The Hall–Kier alpha value is -1.17. The minimum absolute atomic E-state index is 0.327. The van der Waals surface area contributed by atoms with Crippen molar-refractivity contribution in [3.8, 4) is 0 Å². The van der Waals surface area contributed by atoms with Gasteiger partial charge in [0.25, 0.3) is 0 Å². The molecule has 1 aromatic carbocycles. The Morgan fingerprint density at radius 1 is 1.31 bits per heavy atom. The number of carbonyl (C=O) groups excluding carboxylic acids is 1. The van der Waals surface area contributed by atoms with E-state index < -0.39 is 17.2 Å². The second-order valence-corrected chi connectivity index (χ2v) is 4.06. The van der Waals surface area contributed by atoms with Gasteiger partial charge in [-0.3, -0.25) is 4.79 Å². The summed E-state index contributed by atoms with van der Waals surface area (Å²) in [5, 5.41) is 0. The molecular formula is C10H10F3NOS. The maximum absolute atomic E-state index is 11.9. The number of anilines is 1. The van der Waals surface area contributed by atoms with Gasteiger partial charge in [0.2, 0.25) is 5.91 Å². The molecule has 0 saturated carbocycles. The Kier molecular flexibility index (Phi) is 4.23. The van der Waals surface area contributed by atoms with E-state index in [1.807, 2.05) is 0 Å². The van der Waals surface area contributed by atoms with Gasteiger partial charge in [-0.2, -0.15) is 13.2 Å². The van der Waals surface area contributed by atoms with Gasteiger partial charge in [0, 0.05) is 12.7 Å². The molecule has 0 atom stereocenters. The quantitative estimate of drug-likeness (QED) is 0.821. The van der Waals surface area contributed by atoms with E-state index in [-0.39, 0.29) is 11.8 Å². The smallest absolute Gasteiger partial charge is 0.315 e. The number of amides is 1. The third kappa shape index (κ3) is 4.14. The van der Waals surface area contributed by atoms with Crippen molar-refractivity contribution in [2.24, 2.45) is 0 Å². The zero-order valence-corrected chi connectivity index (χ0v) is 9.31. The molecule has 0 bridgehead atoms. The topological polar surface area (TPSA) is 20.3 Å². The SMILES string of the molecule is CN(C(=O)CSC(F)(F)F)c1ccccc1. The molecule has 88 valence electrons. The summed E-state index contributed by atoms with van der Waals surface area (Å²) in [4.78, 5) is 12.6. The lowest BCUT2D eigenvalue weighted by molar-refractivity contribution is -0.116. The lowest BCUT2D eigenvalue weighted by Gasteiger charge is -2.17. The molecule has 0 spiro atoms. The summed E-state index contributed by atoms with van der Waals surface area (Å²) in [6.07, 6.45) is 0. The summed E-state index contributed by atoms with van der Waals surface area (Å²) >= 11 is -0.327. The molecule has 0 aliphatic heterocycles. The third-order valence-electron chi connectivity index (χ3n) is 1.88. The molecule has 16 heavy (non-hydrogen) atoms. The number of hydrogen-bond donors (Lipinski definition) is 0. The number of halogens is 3. The Bertz CT molecular complexity index is 353. The van der Waals surface area contributed by atoms with Gasteiger partial charge in [0.15, 0.2) is 0 Å². The molecular weight excluding hydrogens is 239 g/mol. The van der Waals surface area contributed by atoms with Crippen molar-refractivity contribution in [3.63, 3.8) is 0 Å². The van der Waals surface area contributed by atoms with E-state index >= 15 is 0 Å². The summed E-state index contributed by atoms with van der Waals surface area (Å²) in [6.45, 7) is 0. The number of carbonyl (C=O) groups is 1. The first-order valence-electron chi connectivity index (χ1n) is 4.42. The van der Waals surface area contributed by atoms with Crippen LogP contribution in [0.15, 0.2) is 30.3 Å². The molecule has 1 amide bonds. The van der Waals surface area contributed by atoms with Crippen LogP contribution in [0.25, 0.3) is 0 Å². The summed E-state index contributed by atoms with van der Waals surface area (Å²) in [5.74, 6) is -1.18. The zero-order chi connectivity index (χ0) is 12.2. The third-order valence-corrected chi connectivity index (χ3v) is 2.60. The fourth-order valence-corrected chi connectivity index (χ4v) is 1.52. The van der Waals surface area contributed by atoms with Crippen LogP contribution in [0, 0.1) is 0 Å². The standard InChI is InChI=1S/C10H10F3NOS/c1-14(8-5-3-2-4-6-8)9(15)7-16-10(11,12)13/h2-6H,7H2,1H3. The maximum atomic E-state index is 11.9. The van der Waals surface area contributed by atoms with Gasteiger partial charge in [-0.1, -0.05) is 18.2 Å². The number of hydrogen-bond acceptors (Lipinski definition) is 2. The van der Waals surface area contributed by atoms with Crippen LogP contribution < -0.4 is 4.90 Å². The Morgan fingerprint density at radius 2 is 1.88 bits per heavy atom. The van der Waals surface area contributed by atoms with Crippen molar-refractivity contribution < 1.29 is 18.0 Å². The van der Waals surface area contributed by atoms with Crippen LogP contribution in [-0.2, 0) is 4.79 Å². The number of rotatable bonds is 3. The summed E-state index contributed by atoms with van der Waals surface area (Å²) in [6, 6.07) is 8.53. The van der Waals surface area contributed by atoms with Crippen LogP contribution in [0.1, 0.15) is 0 Å². The van der Waals surface area contributed by atoms with E-state index in [0.717, 1.165) is 0 Å². The fraction of sp³-hybridized carbons (Fsp3) is 0.300. The lowest BCUT2D eigenvalue weighted by Crippen LogP contribution is -2.28. The lowest BCUT2D eigenvalue weighted by atomic mass is 10.3. The molecule has 1 rings (SSSR count). The van der Waals surface area contributed by atoms with Crippen LogP contribution in [0.4, 0.5) is 18.9 Å². The highest BCUT2D eigenvalue weighted by Gasteiger charge is 2.30. The van der Waals surface area contributed by atoms with E-state index in [4.69, 9.17) is 0 Å². The Balaban J connectivity index is 2.55. The summed E-state index contributed by atoms with van der Waals surface area (Å²) in [7, 11) is 1.45. The number of para-hydroxylation sites is 1. The van der Waals surface area contributed by atoms with Gasteiger partial charge in [-0.25, -0.2) is 0 Å². The molecule has 0 aromatic heterocycles. The molecule has 0 aliphatic carbocycles. The molecule has 0 saturated heterocycles. The minimum Gasteiger partial charge on any atom is -0.315 e. The molecule has 6 heteroatoms. The monoisotopic (exact) mass is 249 g/mol. The van der Waals surface area contributed by atoms with E-state index in [2.05, 4.69) is 0 Å². The molecule has 0 radical (unpaired) electrons. The molecule has 0 aliphatic rings. The van der Waals surface area contributed by atoms with Gasteiger partial charge in [-0.05, 0) is 23.9 Å². The van der Waals surface area contributed by atoms with Crippen LogP contribution >= 0.6 is 11.8 Å². The highest BCUT2D eigenvalue weighted by Crippen LogP contribution is 2.30. The van der Waals surface area contributed by atoms with Gasteiger partial charge >= 0.3 is 5.51 Å². The van der Waals surface area contributed by atoms with Crippen molar-refractivity contribution >= 4 is 23.4 Å². The maximum Gasteiger partial charge on any atom is 0.442 e. The normalized spacial score (nSPS) is 11.2. The first-order chi connectivity index (χ1) is 7.40. The van der Waals surface area contributed by atoms with E-state index in [0.29, 0.717) is 5.69 Å². The second-order valence-electron chi connectivity index (χ2n) is 3.02. The zero-order valence-electron chi connectivity index (χ0n) is 8.49. The van der Waals surface area contributed by atoms with E-state index in [9.17, 15) is 18.0 Å². The summed E-state index contributed by atoms with van der Waals surface area (Å²) < 4.78 is 35.6. The molecule has 0 unspecified atom stereocenters. The van der Waals surface area contributed by atoms with Crippen LogP contribution in [-0.4, -0.2) is 24.2 Å².